The molecule has 0 atom stereocenters. The Morgan fingerprint density at radius 3 is 2.72 bits per heavy atom. The Bertz CT molecular complexity index is 507. The van der Waals surface area contributed by atoms with E-state index in [9.17, 15) is 0 Å². The van der Waals surface area contributed by atoms with Gasteiger partial charge >= 0.3 is 0 Å². The van der Waals surface area contributed by atoms with E-state index >= 15 is 0 Å². The molecule has 1 fully saturated rings. The van der Waals surface area contributed by atoms with Gasteiger partial charge in [0.15, 0.2) is 5.96 Å². The average molecular weight is 461 g/mol. The lowest BCUT2D eigenvalue weighted by Gasteiger charge is -2.13. The van der Waals surface area contributed by atoms with E-state index in [4.69, 9.17) is 9.47 Å². The molecular formula is C19H32IN3O2. The Kier molecular flexibility index (Phi) is 11.6. The third-order valence-corrected chi connectivity index (χ3v) is 3.86. The molecule has 1 aliphatic carbocycles. The third-order valence-electron chi connectivity index (χ3n) is 3.86. The number of hydrogen-bond donors (Lipinski definition) is 2. The van der Waals surface area contributed by atoms with Crippen LogP contribution in [-0.4, -0.2) is 38.9 Å². The number of guanidine groups is 1. The summed E-state index contributed by atoms with van der Waals surface area (Å²) >= 11 is 0. The molecule has 2 N–H and O–H groups in total. The molecule has 1 aromatic rings. The van der Waals surface area contributed by atoms with Crippen molar-refractivity contribution >= 4 is 29.9 Å². The van der Waals surface area contributed by atoms with Crippen LogP contribution in [-0.2, 0) is 11.3 Å². The number of hydrogen-bond acceptors (Lipinski definition) is 3. The maximum Gasteiger partial charge on any atom is 0.191 e. The highest BCUT2D eigenvalue weighted by atomic mass is 127. The van der Waals surface area contributed by atoms with Crippen LogP contribution in [0.3, 0.4) is 0 Å². The minimum absolute atomic E-state index is 0. The van der Waals surface area contributed by atoms with Crippen molar-refractivity contribution in [3.8, 4) is 5.75 Å². The molecule has 2 rings (SSSR count). The molecule has 0 aromatic heterocycles. The summed E-state index contributed by atoms with van der Waals surface area (Å²) < 4.78 is 11.3. The normalized spacial score (nSPS) is 13.9. The van der Waals surface area contributed by atoms with Crippen LogP contribution in [0.25, 0.3) is 0 Å². The smallest absolute Gasteiger partial charge is 0.191 e. The second kappa shape index (κ2) is 13.2. The Morgan fingerprint density at radius 1 is 1.20 bits per heavy atom. The SMILES string of the molecule is CCNC(=NCc1ccccc1OCC1CC1)NCCCOCC.I. The van der Waals surface area contributed by atoms with Crippen LogP contribution in [0.15, 0.2) is 29.3 Å². The lowest BCUT2D eigenvalue weighted by atomic mass is 10.2. The summed E-state index contributed by atoms with van der Waals surface area (Å²) in [6.07, 6.45) is 3.58. The van der Waals surface area contributed by atoms with Gasteiger partial charge < -0.3 is 20.1 Å². The number of nitrogens with zero attached hydrogens (tertiary/aromatic N) is 1. The van der Waals surface area contributed by atoms with Gasteiger partial charge in [0.25, 0.3) is 0 Å². The molecule has 0 radical (unpaired) electrons. The maximum atomic E-state index is 5.95. The Hall–Kier alpha value is -1.02. The molecule has 142 valence electrons. The highest BCUT2D eigenvalue weighted by Crippen LogP contribution is 2.30. The molecule has 1 aliphatic rings. The maximum absolute atomic E-state index is 5.95. The monoisotopic (exact) mass is 461 g/mol. The highest BCUT2D eigenvalue weighted by Gasteiger charge is 2.22. The average Bonchev–Trinajstić information content (AvgIpc) is 3.42. The van der Waals surface area contributed by atoms with E-state index in [1.54, 1.807) is 0 Å². The topological polar surface area (TPSA) is 54.9 Å². The summed E-state index contributed by atoms with van der Waals surface area (Å²) in [6, 6.07) is 8.18. The number of rotatable bonds is 11. The molecule has 0 amide bonds. The molecule has 0 unspecified atom stereocenters. The van der Waals surface area contributed by atoms with Gasteiger partial charge in [-0.1, -0.05) is 18.2 Å². The fourth-order valence-corrected chi connectivity index (χ4v) is 2.30. The number of halogens is 1. The van der Waals surface area contributed by atoms with Gasteiger partial charge in [0, 0.05) is 31.9 Å². The van der Waals surface area contributed by atoms with Crippen molar-refractivity contribution in [3.05, 3.63) is 29.8 Å². The Morgan fingerprint density at radius 2 is 2.00 bits per heavy atom. The van der Waals surface area contributed by atoms with Crippen molar-refractivity contribution in [1.29, 1.82) is 0 Å². The molecule has 6 heteroatoms. The van der Waals surface area contributed by atoms with Gasteiger partial charge in [0.1, 0.15) is 5.75 Å². The number of ether oxygens (including phenoxy) is 2. The molecule has 0 spiro atoms. The van der Waals surface area contributed by atoms with Crippen LogP contribution in [0.2, 0.25) is 0 Å². The summed E-state index contributed by atoms with van der Waals surface area (Å²) in [5, 5.41) is 6.63. The van der Waals surface area contributed by atoms with Gasteiger partial charge in [0.05, 0.1) is 13.2 Å². The first-order valence-corrected chi connectivity index (χ1v) is 9.14. The first-order chi connectivity index (χ1) is 11.8. The molecule has 1 aromatic carbocycles. The molecule has 25 heavy (non-hydrogen) atoms. The lowest BCUT2D eigenvalue weighted by Crippen LogP contribution is -2.38. The second-order valence-corrected chi connectivity index (χ2v) is 6.03. The van der Waals surface area contributed by atoms with Gasteiger partial charge in [-0.3, -0.25) is 0 Å². The largest absolute Gasteiger partial charge is 0.493 e. The predicted molar refractivity (Wildman–Crippen MR) is 114 cm³/mol. The van der Waals surface area contributed by atoms with E-state index in [0.29, 0.717) is 6.54 Å². The van der Waals surface area contributed by atoms with Gasteiger partial charge in [-0.05, 0) is 45.1 Å². The molecule has 0 aliphatic heterocycles. The molecule has 5 nitrogen and oxygen atoms in total. The molecular weight excluding hydrogens is 429 g/mol. The van der Waals surface area contributed by atoms with Crippen LogP contribution >= 0.6 is 24.0 Å². The fraction of sp³-hybridized carbons (Fsp3) is 0.632. The third kappa shape index (κ3) is 9.30. The van der Waals surface area contributed by atoms with Gasteiger partial charge in [-0.25, -0.2) is 4.99 Å². The number of aliphatic imine (C=N–C) groups is 1. The molecule has 1 saturated carbocycles. The zero-order valence-electron chi connectivity index (χ0n) is 15.4. The Balaban J connectivity index is 0.00000312. The highest BCUT2D eigenvalue weighted by molar-refractivity contribution is 14.0. The van der Waals surface area contributed by atoms with Gasteiger partial charge in [-0.15, -0.1) is 24.0 Å². The van der Waals surface area contributed by atoms with E-state index in [1.165, 1.54) is 12.8 Å². The zero-order chi connectivity index (χ0) is 17.0. The van der Waals surface area contributed by atoms with Crippen molar-refractivity contribution in [2.24, 2.45) is 10.9 Å². The number of nitrogens with one attached hydrogen (secondary N) is 2. The van der Waals surface area contributed by atoms with E-state index < -0.39 is 0 Å². The van der Waals surface area contributed by atoms with E-state index in [2.05, 4.69) is 28.6 Å². The summed E-state index contributed by atoms with van der Waals surface area (Å²) in [5.41, 5.74) is 1.13. The number of para-hydroxylation sites is 1. The lowest BCUT2D eigenvalue weighted by molar-refractivity contribution is 0.145. The van der Waals surface area contributed by atoms with Crippen LogP contribution in [0.4, 0.5) is 0 Å². The Labute approximate surface area is 169 Å². The van der Waals surface area contributed by atoms with E-state index in [1.807, 2.05) is 25.1 Å². The second-order valence-electron chi connectivity index (χ2n) is 6.03. The summed E-state index contributed by atoms with van der Waals surface area (Å²) in [5.74, 6) is 2.55. The first-order valence-electron chi connectivity index (χ1n) is 9.14. The predicted octanol–water partition coefficient (Wildman–Crippen LogP) is 3.58. The minimum atomic E-state index is 0. The van der Waals surface area contributed by atoms with Crippen LogP contribution in [0.1, 0.15) is 38.7 Å². The summed E-state index contributed by atoms with van der Waals surface area (Å²) in [7, 11) is 0. The minimum Gasteiger partial charge on any atom is -0.493 e. The first kappa shape index (κ1) is 22.0. The van der Waals surface area contributed by atoms with Crippen molar-refractivity contribution in [2.45, 2.75) is 39.7 Å². The van der Waals surface area contributed by atoms with Crippen LogP contribution < -0.4 is 15.4 Å². The molecule has 0 saturated heterocycles. The number of benzene rings is 1. The van der Waals surface area contributed by atoms with Crippen LogP contribution in [0.5, 0.6) is 5.75 Å². The quantitative estimate of drug-likeness (QED) is 0.229. The van der Waals surface area contributed by atoms with Crippen molar-refractivity contribution in [1.82, 2.24) is 10.6 Å². The van der Waals surface area contributed by atoms with Crippen molar-refractivity contribution in [2.75, 3.05) is 32.9 Å². The van der Waals surface area contributed by atoms with Gasteiger partial charge in [0.2, 0.25) is 0 Å². The van der Waals surface area contributed by atoms with Crippen molar-refractivity contribution < 1.29 is 9.47 Å². The van der Waals surface area contributed by atoms with Crippen molar-refractivity contribution in [3.63, 3.8) is 0 Å². The molecule has 0 bridgehead atoms. The van der Waals surface area contributed by atoms with Gasteiger partial charge in [-0.2, -0.15) is 0 Å². The summed E-state index contributed by atoms with van der Waals surface area (Å²) in [4.78, 5) is 4.68. The zero-order valence-corrected chi connectivity index (χ0v) is 17.8. The van der Waals surface area contributed by atoms with E-state index in [0.717, 1.165) is 62.5 Å². The fourth-order valence-electron chi connectivity index (χ4n) is 2.30. The molecule has 0 heterocycles. The van der Waals surface area contributed by atoms with Crippen LogP contribution in [0, 0.1) is 5.92 Å². The standard InChI is InChI=1S/C19H31N3O2.HI/c1-3-20-19(21-12-7-13-23-4-2)22-14-17-8-5-6-9-18(17)24-15-16-10-11-16;/h5-6,8-9,16H,3-4,7,10-15H2,1-2H3,(H2,20,21,22);1H. The van der Waals surface area contributed by atoms with E-state index in [-0.39, 0.29) is 24.0 Å². The summed E-state index contributed by atoms with van der Waals surface area (Å²) in [6.45, 7) is 8.78.